The molecule has 0 aliphatic heterocycles. The molecule has 1 aromatic heterocycles. The lowest BCUT2D eigenvalue weighted by atomic mass is 10.1. The number of benzene rings is 1. The van der Waals surface area contributed by atoms with E-state index in [0.717, 1.165) is 24.1 Å². The lowest BCUT2D eigenvalue weighted by molar-refractivity contribution is -0.117. The van der Waals surface area contributed by atoms with Gasteiger partial charge in [-0.15, -0.1) is 0 Å². The van der Waals surface area contributed by atoms with E-state index in [4.69, 9.17) is 0 Å². The highest BCUT2D eigenvalue weighted by Crippen LogP contribution is 2.30. The summed E-state index contributed by atoms with van der Waals surface area (Å²) in [7, 11) is 0. The zero-order valence-corrected chi connectivity index (χ0v) is 16.1. The number of carbonyl (C=O) groups is 3. The van der Waals surface area contributed by atoms with E-state index < -0.39 is 0 Å². The maximum atomic E-state index is 12.6. The van der Waals surface area contributed by atoms with Crippen LogP contribution >= 0.6 is 0 Å². The van der Waals surface area contributed by atoms with Gasteiger partial charge in [0.2, 0.25) is 5.91 Å². The molecule has 142 valence electrons. The SMILES string of the molecule is CC(=O)c1c(C)[nH]c(C(=O)NC(C)c2ccc(NC(=O)C3CC3)cc2)c1C. The van der Waals surface area contributed by atoms with Gasteiger partial charge in [-0.25, -0.2) is 0 Å². The second-order valence-electron chi connectivity index (χ2n) is 7.26. The van der Waals surface area contributed by atoms with Crippen LogP contribution in [-0.2, 0) is 4.79 Å². The number of aromatic amines is 1. The summed E-state index contributed by atoms with van der Waals surface area (Å²) in [6.45, 7) is 6.96. The molecule has 3 N–H and O–H groups in total. The highest BCUT2D eigenvalue weighted by Gasteiger charge is 2.29. The lowest BCUT2D eigenvalue weighted by Crippen LogP contribution is -2.27. The van der Waals surface area contributed by atoms with Gasteiger partial charge in [-0.2, -0.15) is 0 Å². The van der Waals surface area contributed by atoms with E-state index in [-0.39, 0.29) is 29.6 Å². The Bertz CT molecular complexity index is 892. The van der Waals surface area contributed by atoms with Gasteiger partial charge >= 0.3 is 0 Å². The minimum absolute atomic E-state index is 0.0582. The first-order chi connectivity index (χ1) is 12.8. The number of Topliss-reactive ketones (excluding diaryl/α,β-unsaturated/α-hetero) is 1. The van der Waals surface area contributed by atoms with Crippen molar-refractivity contribution >= 4 is 23.3 Å². The number of rotatable bonds is 6. The van der Waals surface area contributed by atoms with Gasteiger partial charge in [-0.1, -0.05) is 12.1 Å². The van der Waals surface area contributed by atoms with Crippen LogP contribution in [-0.4, -0.2) is 22.6 Å². The standard InChI is InChI=1S/C21H25N3O3/c1-11-18(14(4)25)13(3)22-19(11)21(27)23-12(2)15-7-9-17(10-8-15)24-20(26)16-5-6-16/h7-10,12,16,22H,5-6H2,1-4H3,(H,23,27)(H,24,26). The van der Waals surface area contributed by atoms with Crippen LogP contribution in [0.3, 0.4) is 0 Å². The monoisotopic (exact) mass is 367 g/mol. The number of carbonyl (C=O) groups excluding carboxylic acids is 3. The van der Waals surface area contributed by atoms with E-state index in [2.05, 4.69) is 15.6 Å². The largest absolute Gasteiger partial charge is 0.354 e. The molecule has 0 radical (unpaired) electrons. The predicted octanol–water partition coefficient (Wildman–Crippen LogP) is 3.67. The number of aromatic nitrogens is 1. The molecule has 6 nitrogen and oxygen atoms in total. The molecular formula is C21H25N3O3. The number of hydrogen-bond donors (Lipinski definition) is 3. The van der Waals surface area contributed by atoms with Gasteiger partial charge in [0, 0.05) is 22.9 Å². The maximum Gasteiger partial charge on any atom is 0.268 e. The molecule has 27 heavy (non-hydrogen) atoms. The minimum Gasteiger partial charge on any atom is -0.354 e. The first kappa shape index (κ1) is 18.9. The molecule has 1 heterocycles. The molecule has 1 unspecified atom stereocenters. The van der Waals surface area contributed by atoms with Crippen LogP contribution in [0.5, 0.6) is 0 Å². The number of amides is 2. The number of ketones is 1. The topological polar surface area (TPSA) is 91.1 Å². The Labute approximate surface area is 158 Å². The summed E-state index contributed by atoms with van der Waals surface area (Å²) in [4.78, 5) is 39.2. The molecular weight excluding hydrogens is 342 g/mol. The van der Waals surface area contributed by atoms with E-state index in [1.807, 2.05) is 31.2 Å². The summed E-state index contributed by atoms with van der Waals surface area (Å²) < 4.78 is 0. The second-order valence-corrected chi connectivity index (χ2v) is 7.26. The summed E-state index contributed by atoms with van der Waals surface area (Å²) in [5.41, 5.74) is 4.05. The molecule has 1 saturated carbocycles. The Morgan fingerprint density at radius 2 is 1.74 bits per heavy atom. The first-order valence-electron chi connectivity index (χ1n) is 9.19. The number of aryl methyl sites for hydroxylation is 1. The molecule has 1 aliphatic rings. The van der Waals surface area contributed by atoms with Crippen molar-refractivity contribution < 1.29 is 14.4 Å². The van der Waals surface area contributed by atoms with Crippen molar-refractivity contribution in [2.75, 3.05) is 5.32 Å². The van der Waals surface area contributed by atoms with Gasteiger partial charge in [0.1, 0.15) is 5.69 Å². The maximum absolute atomic E-state index is 12.6. The van der Waals surface area contributed by atoms with Gasteiger partial charge in [-0.05, 0) is 63.8 Å². The van der Waals surface area contributed by atoms with Crippen LogP contribution in [0.15, 0.2) is 24.3 Å². The Morgan fingerprint density at radius 1 is 1.11 bits per heavy atom. The fraction of sp³-hybridized carbons (Fsp3) is 0.381. The minimum atomic E-state index is -0.248. The highest BCUT2D eigenvalue weighted by molar-refractivity contribution is 6.02. The molecule has 2 aromatic rings. The predicted molar refractivity (Wildman–Crippen MR) is 104 cm³/mol. The second kappa shape index (κ2) is 7.39. The van der Waals surface area contributed by atoms with Gasteiger partial charge in [0.15, 0.2) is 5.78 Å². The van der Waals surface area contributed by atoms with Crippen molar-refractivity contribution in [3.05, 3.63) is 52.3 Å². The van der Waals surface area contributed by atoms with Crippen molar-refractivity contribution in [3.8, 4) is 0 Å². The summed E-state index contributed by atoms with van der Waals surface area (Å²) in [5.74, 6) is -0.0721. The Balaban J connectivity index is 1.67. The van der Waals surface area contributed by atoms with Gasteiger partial charge < -0.3 is 15.6 Å². The van der Waals surface area contributed by atoms with E-state index >= 15 is 0 Å². The van der Waals surface area contributed by atoms with Gasteiger partial charge in [-0.3, -0.25) is 14.4 Å². The van der Waals surface area contributed by atoms with Gasteiger partial charge in [0.25, 0.3) is 5.91 Å². The molecule has 1 aromatic carbocycles. The molecule has 0 bridgehead atoms. The Kier molecular flexibility index (Phi) is 5.17. The third kappa shape index (κ3) is 4.10. The van der Waals surface area contributed by atoms with Crippen molar-refractivity contribution in [2.24, 2.45) is 5.92 Å². The Hall–Kier alpha value is -2.89. The van der Waals surface area contributed by atoms with Gasteiger partial charge in [0.05, 0.1) is 6.04 Å². The zero-order valence-electron chi connectivity index (χ0n) is 16.1. The van der Waals surface area contributed by atoms with E-state index in [1.165, 1.54) is 6.92 Å². The van der Waals surface area contributed by atoms with E-state index in [1.54, 1.807) is 13.8 Å². The zero-order chi connectivity index (χ0) is 19.7. The summed E-state index contributed by atoms with van der Waals surface area (Å²) in [6.07, 6.45) is 1.94. The van der Waals surface area contributed by atoms with Crippen molar-refractivity contribution in [1.82, 2.24) is 10.3 Å². The van der Waals surface area contributed by atoms with Crippen LogP contribution in [0, 0.1) is 19.8 Å². The fourth-order valence-corrected chi connectivity index (χ4v) is 3.30. The lowest BCUT2D eigenvalue weighted by Gasteiger charge is -2.15. The van der Waals surface area contributed by atoms with E-state index in [9.17, 15) is 14.4 Å². The molecule has 1 fully saturated rings. The quantitative estimate of drug-likeness (QED) is 0.680. The van der Waals surface area contributed by atoms with Crippen molar-refractivity contribution in [1.29, 1.82) is 0 Å². The third-order valence-electron chi connectivity index (χ3n) is 4.99. The molecule has 1 aliphatic carbocycles. The van der Waals surface area contributed by atoms with Crippen LogP contribution in [0.1, 0.15) is 70.4 Å². The number of nitrogens with one attached hydrogen (secondary N) is 3. The number of anilines is 1. The average Bonchev–Trinajstić information content (AvgIpc) is 3.40. The van der Waals surface area contributed by atoms with Crippen LogP contribution < -0.4 is 10.6 Å². The molecule has 6 heteroatoms. The summed E-state index contributed by atoms with van der Waals surface area (Å²) in [5, 5.41) is 5.85. The molecule has 1 atom stereocenters. The van der Waals surface area contributed by atoms with E-state index in [0.29, 0.717) is 22.5 Å². The average molecular weight is 367 g/mol. The highest BCUT2D eigenvalue weighted by atomic mass is 16.2. The van der Waals surface area contributed by atoms with Crippen LogP contribution in [0.25, 0.3) is 0 Å². The number of H-pyrrole nitrogens is 1. The first-order valence-corrected chi connectivity index (χ1v) is 9.19. The summed E-state index contributed by atoms with van der Waals surface area (Å²) >= 11 is 0. The van der Waals surface area contributed by atoms with Crippen LogP contribution in [0.2, 0.25) is 0 Å². The van der Waals surface area contributed by atoms with Crippen molar-refractivity contribution in [3.63, 3.8) is 0 Å². The molecule has 0 saturated heterocycles. The normalized spacial score (nSPS) is 14.5. The smallest absolute Gasteiger partial charge is 0.268 e. The third-order valence-corrected chi connectivity index (χ3v) is 4.99. The molecule has 0 spiro atoms. The molecule has 3 rings (SSSR count). The summed E-state index contributed by atoms with van der Waals surface area (Å²) in [6, 6.07) is 7.25. The molecule has 2 amide bonds. The van der Waals surface area contributed by atoms with Crippen molar-refractivity contribution in [2.45, 2.75) is 46.6 Å². The van der Waals surface area contributed by atoms with Crippen LogP contribution in [0.4, 0.5) is 5.69 Å². The number of hydrogen-bond acceptors (Lipinski definition) is 3. The fourth-order valence-electron chi connectivity index (χ4n) is 3.30. The Morgan fingerprint density at radius 3 is 2.26 bits per heavy atom.